The molecule has 0 fully saturated rings. The van der Waals surface area contributed by atoms with E-state index in [2.05, 4.69) is 87.2 Å². The molecule has 1 nitrogen and oxygen atoms in total. The van der Waals surface area contributed by atoms with E-state index in [4.69, 9.17) is 4.74 Å². The molecule has 0 aliphatic carbocycles. The van der Waals surface area contributed by atoms with Gasteiger partial charge in [-0.05, 0) is 5.92 Å². The van der Waals surface area contributed by atoms with E-state index in [-0.39, 0.29) is 10.8 Å². The molecule has 1 aromatic carbocycles. The van der Waals surface area contributed by atoms with Crippen molar-refractivity contribution in [3.05, 3.63) is 29.3 Å². The van der Waals surface area contributed by atoms with Gasteiger partial charge in [0.25, 0.3) is 0 Å². The topological polar surface area (TPSA) is 9.23 Å². The molecule has 0 unspecified atom stereocenters. The normalized spacial score (nSPS) is 12.0. The Bertz CT molecular complexity index is 396. The quantitative estimate of drug-likeness (QED) is 0.444. The van der Waals surface area contributed by atoms with Gasteiger partial charge in [-0.1, -0.05) is 66.2 Å². The molecule has 0 aromatic heterocycles. The maximum atomic E-state index is 6.16. The zero-order valence-corrected chi connectivity index (χ0v) is 19.5. The van der Waals surface area contributed by atoms with Crippen LogP contribution in [-0.4, -0.2) is 6.61 Å². The van der Waals surface area contributed by atoms with Gasteiger partial charge in [0, 0.05) is 5.75 Å². The summed E-state index contributed by atoms with van der Waals surface area (Å²) in [5.41, 5.74) is 2.65. The number of hydrogen-bond donors (Lipinski definition) is 0. The molecule has 0 heterocycles. The Kier molecular flexibility index (Phi) is 8.73. The summed E-state index contributed by atoms with van der Waals surface area (Å²) in [6, 6.07) is 7.44. The third kappa shape index (κ3) is 6.82. The van der Waals surface area contributed by atoms with Crippen molar-refractivity contribution < 1.29 is 21.1 Å². The SMILES string of the molecule is CC(C)COc1c(C(C)(C)C)c[c-]cc1C(C)(C)C.[Zn+][Br]. The fraction of sp³-hybridized carbons (Fsp3) is 0.667. The molecule has 3 heteroatoms. The van der Waals surface area contributed by atoms with Crippen LogP contribution in [0.4, 0.5) is 0 Å². The molecule has 1 aromatic rings. The number of halogens is 1. The Morgan fingerprint density at radius 1 is 1.00 bits per heavy atom. The van der Waals surface area contributed by atoms with Crippen LogP contribution in [0, 0.1) is 12.0 Å². The van der Waals surface area contributed by atoms with Crippen molar-refractivity contribution >= 4 is 13.6 Å². The molecular formula is C18H29BrOZn. The summed E-state index contributed by atoms with van der Waals surface area (Å²) in [6.07, 6.45) is 0. The second kappa shape index (κ2) is 8.68. The Morgan fingerprint density at radius 2 is 1.38 bits per heavy atom. The first-order valence-corrected chi connectivity index (χ1v) is 14.4. The van der Waals surface area contributed by atoms with Crippen molar-refractivity contribution in [1.82, 2.24) is 0 Å². The average molecular weight is 407 g/mol. The summed E-state index contributed by atoms with van der Waals surface area (Å²) >= 11 is 4.25. The zero-order chi connectivity index (χ0) is 16.8. The van der Waals surface area contributed by atoms with Gasteiger partial charge in [-0.3, -0.25) is 0 Å². The van der Waals surface area contributed by atoms with Crippen LogP contribution in [0.15, 0.2) is 12.1 Å². The van der Waals surface area contributed by atoms with Crippen molar-refractivity contribution in [2.24, 2.45) is 5.92 Å². The molecule has 0 spiro atoms. The van der Waals surface area contributed by atoms with Crippen LogP contribution in [0.1, 0.15) is 66.5 Å². The summed E-state index contributed by atoms with van der Waals surface area (Å²) in [4.78, 5) is 0. The summed E-state index contributed by atoms with van der Waals surface area (Å²) in [7, 11) is 0. The summed E-state index contributed by atoms with van der Waals surface area (Å²) in [5, 5.41) is 0. The summed E-state index contributed by atoms with van der Waals surface area (Å²) in [6.45, 7) is 18.5. The fourth-order valence-electron chi connectivity index (χ4n) is 2.00. The second-order valence-electron chi connectivity index (χ2n) is 7.82. The molecule has 0 bridgehead atoms. The molecule has 0 saturated carbocycles. The van der Waals surface area contributed by atoms with Crippen LogP contribution in [0.2, 0.25) is 0 Å². The predicted molar refractivity (Wildman–Crippen MR) is 91.9 cm³/mol. The fourth-order valence-corrected chi connectivity index (χ4v) is 2.00. The van der Waals surface area contributed by atoms with Gasteiger partial charge in [0.05, 0.1) is 6.61 Å². The molecule has 116 valence electrons. The Morgan fingerprint density at radius 3 is 1.67 bits per heavy atom. The van der Waals surface area contributed by atoms with Crippen molar-refractivity contribution in [1.29, 1.82) is 0 Å². The van der Waals surface area contributed by atoms with E-state index >= 15 is 0 Å². The van der Waals surface area contributed by atoms with E-state index in [1.165, 1.54) is 27.5 Å². The van der Waals surface area contributed by atoms with Crippen LogP contribution < -0.4 is 4.74 Å². The second-order valence-corrected chi connectivity index (χ2v) is 7.82. The predicted octanol–water partition coefficient (Wildman–Crippen LogP) is 5.96. The van der Waals surface area contributed by atoms with Crippen molar-refractivity contribution in [2.75, 3.05) is 6.61 Å². The maximum absolute atomic E-state index is 6.16. The third-order valence-electron chi connectivity index (χ3n) is 3.12. The summed E-state index contributed by atoms with van der Waals surface area (Å²) in [5.74, 6) is 1.59. The molecule has 0 N–H and O–H groups in total. The molecule has 0 atom stereocenters. The standard InChI is InChI=1S/C18H29O.BrH.Zn/c1-13(2)12-19-16-14(17(3,4)5)10-9-11-15(16)18(6,7)8;;/h10-11,13H,12H2,1-8H3;1H;/q-1;;+2/p-1. The number of rotatable bonds is 3. The van der Waals surface area contributed by atoms with Gasteiger partial charge in [-0.15, -0.1) is 11.1 Å². The van der Waals surface area contributed by atoms with Crippen LogP contribution >= 0.6 is 13.6 Å². The van der Waals surface area contributed by atoms with Crippen LogP contribution in [-0.2, 0) is 27.2 Å². The Labute approximate surface area is 148 Å². The van der Waals surface area contributed by atoms with Gasteiger partial charge in [-0.25, -0.2) is 0 Å². The van der Waals surface area contributed by atoms with E-state index in [1.807, 2.05) is 0 Å². The molecule has 0 aliphatic heterocycles. The minimum absolute atomic E-state index is 0.0735. The average Bonchev–Trinajstić information content (AvgIpc) is 2.36. The van der Waals surface area contributed by atoms with E-state index in [1.54, 1.807) is 0 Å². The Balaban J connectivity index is 0.00000191. The van der Waals surface area contributed by atoms with E-state index in [0.29, 0.717) is 5.92 Å². The number of benzene rings is 1. The van der Waals surface area contributed by atoms with Crippen molar-refractivity contribution in [3.8, 4) is 5.75 Å². The van der Waals surface area contributed by atoms with Gasteiger partial charge in [0.1, 0.15) is 0 Å². The molecule has 0 aliphatic rings. The van der Waals surface area contributed by atoms with Gasteiger partial charge >= 0.3 is 30.0 Å². The summed E-state index contributed by atoms with van der Waals surface area (Å²) < 4.78 is 6.16. The molecule has 0 saturated heterocycles. The van der Waals surface area contributed by atoms with E-state index in [0.717, 1.165) is 12.4 Å². The monoisotopic (exact) mass is 404 g/mol. The first-order valence-electron chi connectivity index (χ1n) is 7.48. The number of ether oxygens (including phenoxy) is 1. The Hall–Kier alpha value is 0.123. The minimum atomic E-state index is 0.0735. The molecule has 21 heavy (non-hydrogen) atoms. The molecule has 1 rings (SSSR count). The van der Waals surface area contributed by atoms with Crippen LogP contribution in [0.3, 0.4) is 0 Å². The molecule has 0 radical (unpaired) electrons. The number of hydrogen-bond acceptors (Lipinski definition) is 1. The van der Waals surface area contributed by atoms with Gasteiger partial charge in [-0.2, -0.15) is 18.2 Å². The van der Waals surface area contributed by atoms with E-state index < -0.39 is 0 Å². The van der Waals surface area contributed by atoms with Crippen molar-refractivity contribution in [2.45, 2.75) is 66.2 Å². The zero-order valence-electron chi connectivity index (χ0n) is 14.9. The molecule has 0 amide bonds. The van der Waals surface area contributed by atoms with Gasteiger partial charge in [0.2, 0.25) is 0 Å². The third-order valence-corrected chi connectivity index (χ3v) is 3.12. The van der Waals surface area contributed by atoms with E-state index in [9.17, 15) is 0 Å². The van der Waals surface area contributed by atoms with Crippen LogP contribution in [0.25, 0.3) is 0 Å². The van der Waals surface area contributed by atoms with Crippen molar-refractivity contribution in [3.63, 3.8) is 0 Å². The van der Waals surface area contributed by atoms with Crippen LogP contribution in [0.5, 0.6) is 5.75 Å². The molecular weight excluding hydrogens is 377 g/mol. The first kappa shape index (κ1) is 21.1. The first-order chi connectivity index (χ1) is 9.53. The van der Waals surface area contributed by atoms with Gasteiger partial charge < -0.3 is 4.74 Å². The van der Waals surface area contributed by atoms with Gasteiger partial charge in [0.15, 0.2) is 0 Å².